The SMILES string of the molecule is CC(Br)C(=O)c1ccc(C(F)F)cc1[N+](=O)[O-]. The van der Waals surface area contributed by atoms with Gasteiger partial charge in [-0.05, 0) is 13.0 Å². The molecule has 0 aromatic heterocycles. The zero-order valence-electron chi connectivity index (χ0n) is 8.69. The number of ketones is 1. The van der Waals surface area contributed by atoms with Gasteiger partial charge in [0.2, 0.25) is 0 Å². The monoisotopic (exact) mass is 307 g/mol. The quantitative estimate of drug-likeness (QED) is 0.370. The molecule has 7 heteroatoms. The summed E-state index contributed by atoms with van der Waals surface area (Å²) in [4.78, 5) is 20.9. The minimum Gasteiger partial charge on any atom is -0.293 e. The van der Waals surface area contributed by atoms with Crippen LogP contribution in [-0.4, -0.2) is 15.5 Å². The molecule has 0 aliphatic carbocycles. The van der Waals surface area contributed by atoms with Crippen LogP contribution in [0.1, 0.15) is 29.3 Å². The summed E-state index contributed by atoms with van der Waals surface area (Å²) in [5.41, 5.74) is -1.25. The summed E-state index contributed by atoms with van der Waals surface area (Å²) in [6.07, 6.45) is -2.81. The third kappa shape index (κ3) is 3.06. The molecule has 17 heavy (non-hydrogen) atoms. The van der Waals surface area contributed by atoms with Crippen LogP contribution in [0.2, 0.25) is 0 Å². The predicted octanol–water partition coefficient (Wildman–Crippen LogP) is 3.50. The van der Waals surface area contributed by atoms with Gasteiger partial charge in [-0.1, -0.05) is 22.0 Å². The lowest BCUT2D eigenvalue weighted by Gasteiger charge is -2.06. The smallest absolute Gasteiger partial charge is 0.280 e. The van der Waals surface area contributed by atoms with Crippen molar-refractivity contribution in [2.24, 2.45) is 0 Å². The summed E-state index contributed by atoms with van der Waals surface area (Å²) in [7, 11) is 0. The Labute approximate surface area is 104 Å². The molecule has 0 saturated carbocycles. The number of carbonyl (C=O) groups excluding carboxylic acids is 1. The first kappa shape index (κ1) is 13.7. The molecule has 4 nitrogen and oxygen atoms in total. The van der Waals surface area contributed by atoms with Gasteiger partial charge >= 0.3 is 0 Å². The number of carbonyl (C=O) groups is 1. The topological polar surface area (TPSA) is 60.2 Å². The number of Topliss-reactive ketones (excluding diaryl/α,β-unsaturated/α-hetero) is 1. The van der Waals surface area contributed by atoms with Crippen LogP contribution in [0.3, 0.4) is 0 Å². The van der Waals surface area contributed by atoms with Crippen molar-refractivity contribution in [2.45, 2.75) is 18.2 Å². The van der Waals surface area contributed by atoms with Gasteiger partial charge in [0.05, 0.1) is 15.3 Å². The molecule has 0 heterocycles. The number of nitrogens with zero attached hydrogens (tertiary/aromatic N) is 1. The fourth-order valence-corrected chi connectivity index (χ4v) is 1.50. The van der Waals surface area contributed by atoms with Crippen molar-refractivity contribution in [3.63, 3.8) is 0 Å². The number of nitro groups is 1. The Bertz CT molecular complexity index is 463. The molecule has 0 aliphatic heterocycles. The van der Waals surface area contributed by atoms with Gasteiger partial charge in [0.1, 0.15) is 0 Å². The van der Waals surface area contributed by atoms with Crippen LogP contribution in [0.15, 0.2) is 18.2 Å². The van der Waals surface area contributed by atoms with Crippen molar-refractivity contribution in [2.75, 3.05) is 0 Å². The first-order valence-corrected chi connectivity index (χ1v) is 5.51. The summed E-state index contributed by atoms with van der Waals surface area (Å²) in [6.45, 7) is 1.51. The first-order chi connectivity index (χ1) is 7.84. The van der Waals surface area contributed by atoms with E-state index >= 15 is 0 Å². The number of benzene rings is 1. The van der Waals surface area contributed by atoms with Crippen molar-refractivity contribution in [3.8, 4) is 0 Å². The van der Waals surface area contributed by atoms with Crippen molar-refractivity contribution < 1.29 is 18.5 Å². The minimum atomic E-state index is -2.81. The van der Waals surface area contributed by atoms with E-state index in [0.29, 0.717) is 0 Å². The predicted molar refractivity (Wildman–Crippen MR) is 60.8 cm³/mol. The van der Waals surface area contributed by atoms with E-state index in [1.807, 2.05) is 0 Å². The summed E-state index contributed by atoms with van der Waals surface area (Å²) in [6, 6.07) is 2.80. The summed E-state index contributed by atoms with van der Waals surface area (Å²) in [5.74, 6) is -0.516. The van der Waals surface area contributed by atoms with Gasteiger partial charge in [-0.2, -0.15) is 0 Å². The molecule has 0 saturated heterocycles. The highest BCUT2D eigenvalue weighted by molar-refractivity contribution is 9.10. The van der Waals surface area contributed by atoms with E-state index in [4.69, 9.17) is 0 Å². The van der Waals surface area contributed by atoms with Crippen LogP contribution in [-0.2, 0) is 0 Å². The number of hydrogen-bond donors (Lipinski definition) is 0. The van der Waals surface area contributed by atoms with Crippen LogP contribution in [0.25, 0.3) is 0 Å². The molecular weight excluding hydrogens is 300 g/mol. The molecular formula is C10H8BrF2NO3. The molecule has 1 unspecified atom stereocenters. The van der Waals surface area contributed by atoms with Crippen molar-refractivity contribution in [1.82, 2.24) is 0 Å². The van der Waals surface area contributed by atoms with Crippen LogP contribution in [0.5, 0.6) is 0 Å². The second kappa shape index (κ2) is 5.31. The largest absolute Gasteiger partial charge is 0.293 e. The first-order valence-electron chi connectivity index (χ1n) is 4.59. The molecule has 1 aromatic rings. The Morgan fingerprint density at radius 2 is 2.06 bits per heavy atom. The highest BCUT2D eigenvalue weighted by atomic mass is 79.9. The molecule has 1 aromatic carbocycles. The average Bonchev–Trinajstić information content (AvgIpc) is 2.26. The third-order valence-electron chi connectivity index (χ3n) is 2.10. The highest BCUT2D eigenvalue weighted by Crippen LogP contribution is 2.28. The second-order valence-corrected chi connectivity index (χ2v) is 4.69. The van der Waals surface area contributed by atoms with E-state index in [0.717, 1.165) is 18.2 Å². The fraction of sp³-hybridized carbons (Fsp3) is 0.300. The average molecular weight is 308 g/mol. The van der Waals surface area contributed by atoms with E-state index in [1.54, 1.807) is 0 Å². The molecule has 0 amide bonds. The number of nitro benzene ring substituents is 1. The van der Waals surface area contributed by atoms with Crippen molar-refractivity contribution in [1.29, 1.82) is 0 Å². The Morgan fingerprint density at radius 1 is 1.47 bits per heavy atom. The number of rotatable bonds is 4. The number of hydrogen-bond acceptors (Lipinski definition) is 3. The molecule has 0 N–H and O–H groups in total. The Hall–Kier alpha value is -1.37. The number of halogens is 3. The molecule has 0 spiro atoms. The molecule has 0 bridgehead atoms. The van der Waals surface area contributed by atoms with E-state index in [-0.39, 0.29) is 5.56 Å². The highest BCUT2D eigenvalue weighted by Gasteiger charge is 2.24. The maximum absolute atomic E-state index is 12.4. The van der Waals surface area contributed by atoms with E-state index < -0.39 is 33.2 Å². The normalized spacial score (nSPS) is 12.5. The summed E-state index contributed by atoms with van der Waals surface area (Å²) in [5, 5.41) is 10.7. The molecule has 92 valence electrons. The fourth-order valence-electron chi connectivity index (χ4n) is 1.26. The minimum absolute atomic E-state index is 0.177. The maximum Gasteiger partial charge on any atom is 0.280 e. The van der Waals surface area contributed by atoms with Crippen LogP contribution in [0, 0.1) is 10.1 Å². The van der Waals surface area contributed by atoms with Gasteiger partial charge in [0.25, 0.3) is 12.1 Å². The standard InChI is InChI=1S/C10H8BrF2NO3/c1-5(11)9(15)7-3-2-6(10(12)13)4-8(7)14(16)17/h2-5,10H,1H3. The van der Waals surface area contributed by atoms with Gasteiger partial charge in [-0.15, -0.1) is 0 Å². The maximum atomic E-state index is 12.4. The van der Waals surface area contributed by atoms with Gasteiger partial charge in [0, 0.05) is 11.6 Å². The summed E-state index contributed by atoms with van der Waals surface area (Å²) >= 11 is 2.99. The summed E-state index contributed by atoms with van der Waals surface area (Å²) < 4.78 is 24.8. The van der Waals surface area contributed by atoms with Crippen LogP contribution in [0.4, 0.5) is 14.5 Å². The Morgan fingerprint density at radius 3 is 2.47 bits per heavy atom. The van der Waals surface area contributed by atoms with Crippen molar-refractivity contribution in [3.05, 3.63) is 39.4 Å². The lowest BCUT2D eigenvalue weighted by atomic mass is 10.0. The van der Waals surface area contributed by atoms with Gasteiger partial charge in [0.15, 0.2) is 5.78 Å². The lowest BCUT2D eigenvalue weighted by Crippen LogP contribution is -2.12. The van der Waals surface area contributed by atoms with Crippen LogP contribution >= 0.6 is 15.9 Å². The third-order valence-corrected chi connectivity index (χ3v) is 2.51. The van der Waals surface area contributed by atoms with Crippen LogP contribution < -0.4 is 0 Å². The zero-order chi connectivity index (χ0) is 13.2. The lowest BCUT2D eigenvalue weighted by molar-refractivity contribution is -0.385. The van der Waals surface area contributed by atoms with Gasteiger partial charge in [-0.3, -0.25) is 14.9 Å². The number of alkyl halides is 3. The van der Waals surface area contributed by atoms with E-state index in [1.165, 1.54) is 6.92 Å². The zero-order valence-corrected chi connectivity index (χ0v) is 10.3. The molecule has 0 aliphatic rings. The van der Waals surface area contributed by atoms with Gasteiger partial charge < -0.3 is 0 Å². The molecule has 0 radical (unpaired) electrons. The van der Waals surface area contributed by atoms with E-state index in [9.17, 15) is 23.7 Å². The molecule has 1 atom stereocenters. The van der Waals surface area contributed by atoms with Crippen molar-refractivity contribution >= 4 is 27.4 Å². The molecule has 0 fully saturated rings. The van der Waals surface area contributed by atoms with E-state index in [2.05, 4.69) is 15.9 Å². The Kier molecular flexibility index (Phi) is 4.28. The Balaban J connectivity index is 3.32. The molecule has 1 rings (SSSR count). The van der Waals surface area contributed by atoms with Gasteiger partial charge in [-0.25, -0.2) is 8.78 Å². The second-order valence-electron chi connectivity index (χ2n) is 3.31.